The number of benzene rings is 2. The first-order valence-electron chi connectivity index (χ1n) is 18.8. The van der Waals surface area contributed by atoms with Crippen LogP contribution in [-0.4, -0.2) is 97.0 Å². The Morgan fingerprint density at radius 2 is 1.56 bits per heavy atom. The van der Waals surface area contributed by atoms with Gasteiger partial charge in [-0.05, 0) is 96.4 Å². The summed E-state index contributed by atoms with van der Waals surface area (Å²) in [6.07, 6.45) is 9.42. The lowest BCUT2D eigenvalue weighted by Crippen LogP contribution is -2.31. The number of anilines is 2. The van der Waals surface area contributed by atoms with Gasteiger partial charge < -0.3 is 15.3 Å². The monoisotopic (exact) mass is 721 g/mol. The molecule has 1 amide bonds. The Morgan fingerprint density at radius 1 is 0.833 bits per heavy atom. The van der Waals surface area contributed by atoms with Crippen LogP contribution < -0.4 is 5.32 Å². The number of pyridine rings is 3. The van der Waals surface area contributed by atoms with Crippen LogP contribution in [0.15, 0.2) is 79.5 Å². The third-order valence-electron chi connectivity index (χ3n) is 11.1. The lowest BCUT2D eigenvalue weighted by atomic mass is 9.91. The number of aliphatic hydroxyl groups excluding tert-OH is 1. The SMILES string of the molecule is Cc1c(Cc2ncnc3cc(CN4CC[C@@H](C(=O)N(C)C)C4)cnc23)cccc1-c1cccc(Nc2nccc3cc(CN4CC[C@@H](O)C4)cnc23)c1C. The number of hydrogen-bond donors (Lipinski definition) is 2. The summed E-state index contributed by atoms with van der Waals surface area (Å²) < 4.78 is 0. The predicted molar refractivity (Wildman–Crippen MR) is 212 cm³/mol. The maximum atomic E-state index is 12.5. The maximum absolute atomic E-state index is 12.5. The highest BCUT2D eigenvalue weighted by atomic mass is 16.3. The fraction of sp³-hybridized carbons (Fsp3) is 0.349. The molecular formula is C43H47N9O2. The van der Waals surface area contributed by atoms with E-state index >= 15 is 0 Å². The minimum Gasteiger partial charge on any atom is -0.392 e. The van der Waals surface area contributed by atoms with Gasteiger partial charge in [-0.25, -0.2) is 15.0 Å². The zero-order chi connectivity index (χ0) is 37.3. The van der Waals surface area contributed by atoms with Gasteiger partial charge in [-0.3, -0.25) is 24.6 Å². The molecule has 2 atom stereocenters. The van der Waals surface area contributed by atoms with E-state index in [4.69, 9.17) is 15.0 Å². The molecular weight excluding hydrogens is 675 g/mol. The lowest BCUT2D eigenvalue weighted by Gasteiger charge is -2.18. The molecule has 2 saturated heterocycles. The number of β-amino-alcohol motifs (C(OH)–C–C–N with tert-alkyl or cyclic N) is 1. The molecule has 0 spiro atoms. The highest BCUT2D eigenvalue weighted by Crippen LogP contribution is 2.35. The standard InChI is InChI=1S/C43H47N9O2/c1-27-31(19-39-41-38(47-26-48-39)18-30(21-46-41)23-51-15-12-33(24-51)43(54)50(3)4)7-5-8-35(27)36-9-6-10-37(28(36)2)49-42-40-32(11-14-44-42)17-29(20-45-40)22-52-16-13-34(53)25-52/h5-11,14,17-18,20-21,26,33-34,53H,12-13,15-16,19,22-25H2,1-4H3,(H,44,49)/t33-,34-/m1/s1. The second kappa shape index (κ2) is 15.2. The Bertz CT molecular complexity index is 2340. The smallest absolute Gasteiger partial charge is 0.226 e. The van der Waals surface area contributed by atoms with Crippen LogP contribution in [0, 0.1) is 19.8 Å². The molecule has 2 aromatic carbocycles. The second-order valence-corrected chi connectivity index (χ2v) is 15.1. The Hall–Kier alpha value is -5.36. The van der Waals surface area contributed by atoms with Crippen molar-refractivity contribution in [3.05, 3.63) is 113 Å². The third kappa shape index (κ3) is 7.39. The number of carbonyl (C=O) groups excluding carboxylic acids is 1. The number of amides is 1. The number of hydrogen-bond acceptors (Lipinski definition) is 10. The Balaban J connectivity index is 1.00. The largest absolute Gasteiger partial charge is 0.392 e. The molecule has 11 heteroatoms. The number of fused-ring (bicyclic) bond motifs is 2. The highest BCUT2D eigenvalue weighted by molar-refractivity contribution is 5.91. The molecule has 6 aromatic rings. The van der Waals surface area contributed by atoms with Crippen LogP contribution in [-0.2, 0) is 24.3 Å². The van der Waals surface area contributed by atoms with Crippen LogP contribution in [0.4, 0.5) is 11.5 Å². The van der Waals surface area contributed by atoms with E-state index in [1.165, 1.54) is 16.7 Å². The van der Waals surface area contributed by atoms with Crippen LogP contribution in [0.25, 0.3) is 33.1 Å². The van der Waals surface area contributed by atoms with Gasteiger partial charge in [0.05, 0.1) is 23.2 Å². The van der Waals surface area contributed by atoms with E-state index in [1.54, 1.807) is 11.2 Å². The minimum absolute atomic E-state index is 0.0544. The molecule has 6 heterocycles. The molecule has 0 bridgehead atoms. The molecule has 11 nitrogen and oxygen atoms in total. The van der Waals surface area contributed by atoms with E-state index < -0.39 is 0 Å². The van der Waals surface area contributed by atoms with Crippen molar-refractivity contribution >= 4 is 39.3 Å². The van der Waals surface area contributed by atoms with Gasteiger partial charge in [0.25, 0.3) is 0 Å². The molecule has 2 N–H and O–H groups in total. The normalized spacial score (nSPS) is 17.8. The first kappa shape index (κ1) is 35.7. The molecule has 0 unspecified atom stereocenters. The summed E-state index contributed by atoms with van der Waals surface area (Å²) >= 11 is 0. The van der Waals surface area contributed by atoms with E-state index in [2.05, 4.69) is 87.5 Å². The number of nitrogens with zero attached hydrogens (tertiary/aromatic N) is 8. The van der Waals surface area contributed by atoms with E-state index in [1.807, 2.05) is 38.8 Å². The average Bonchev–Trinajstić information content (AvgIpc) is 3.81. The predicted octanol–water partition coefficient (Wildman–Crippen LogP) is 6.06. The zero-order valence-corrected chi connectivity index (χ0v) is 31.5. The van der Waals surface area contributed by atoms with Crippen molar-refractivity contribution in [3.63, 3.8) is 0 Å². The molecule has 54 heavy (non-hydrogen) atoms. The summed E-state index contributed by atoms with van der Waals surface area (Å²) in [6.45, 7) is 9.12. The molecule has 4 aromatic heterocycles. The quantitative estimate of drug-likeness (QED) is 0.173. The molecule has 0 radical (unpaired) electrons. The first-order chi connectivity index (χ1) is 26.2. The molecule has 0 saturated carbocycles. The Kier molecular flexibility index (Phi) is 10.0. The van der Waals surface area contributed by atoms with Crippen LogP contribution >= 0.6 is 0 Å². The van der Waals surface area contributed by atoms with E-state index in [0.29, 0.717) is 13.0 Å². The fourth-order valence-electron chi connectivity index (χ4n) is 8.09. The van der Waals surface area contributed by atoms with Crippen molar-refractivity contribution in [1.29, 1.82) is 0 Å². The van der Waals surface area contributed by atoms with Crippen molar-refractivity contribution in [2.24, 2.45) is 5.92 Å². The van der Waals surface area contributed by atoms with Crippen molar-refractivity contribution in [2.75, 3.05) is 45.6 Å². The number of aromatic nitrogens is 5. The molecule has 2 fully saturated rings. The number of carbonyl (C=O) groups is 1. The van der Waals surface area contributed by atoms with E-state index in [9.17, 15) is 9.90 Å². The summed E-state index contributed by atoms with van der Waals surface area (Å²) in [5.41, 5.74) is 12.4. The van der Waals surface area contributed by atoms with Crippen molar-refractivity contribution in [1.82, 2.24) is 39.6 Å². The van der Waals surface area contributed by atoms with Gasteiger partial charge in [-0.1, -0.05) is 30.3 Å². The van der Waals surface area contributed by atoms with Gasteiger partial charge in [0, 0.05) is 82.9 Å². The number of nitrogens with one attached hydrogen (secondary N) is 1. The fourth-order valence-corrected chi connectivity index (χ4v) is 8.09. The number of rotatable bonds is 10. The van der Waals surface area contributed by atoms with Gasteiger partial charge in [0.2, 0.25) is 5.91 Å². The summed E-state index contributed by atoms with van der Waals surface area (Å²) in [5.74, 6) is 0.974. The topological polar surface area (TPSA) is 124 Å². The summed E-state index contributed by atoms with van der Waals surface area (Å²) in [5, 5.41) is 14.6. The highest BCUT2D eigenvalue weighted by Gasteiger charge is 2.29. The van der Waals surface area contributed by atoms with Crippen LogP contribution in [0.2, 0.25) is 0 Å². The average molecular weight is 722 g/mol. The maximum Gasteiger partial charge on any atom is 0.226 e. The minimum atomic E-state index is -0.239. The van der Waals surface area contributed by atoms with Gasteiger partial charge in [0.1, 0.15) is 17.4 Å². The van der Waals surface area contributed by atoms with E-state index in [0.717, 1.165) is 107 Å². The van der Waals surface area contributed by atoms with E-state index in [-0.39, 0.29) is 17.9 Å². The number of likely N-dealkylation sites (tertiary alicyclic amines) is 2. The van der Waals surface area contributed by atoms with Crippen molar-refractivity contribution < 1.29 is 9.90 Å². The summed E-state index contributed by atoms with van der Waals surface area (Å²) in [4.78, 5) is 42.5. The molecule has 8 rings (SSSR count). The molecule has 0 aliphatic carbocycles. The van der Waals surface area contributed by atoms with Gasteiger partial charge in [0.15, 0.2) is 5.82 Å². The van der Waals surface area contributed by atoms with Crippen LogP contribution in [0.1, 0.15) is 46.4 Å². The summed E-state index contributed by atoms with van der Waals surface area (Å²) in [7, 11) is 3.65. The molecule has 2 aliphatic heterocycles. The Morgan fingerprint density at radius 3 is 2.33 bits per heavy atom. The lowest BCUT2D eigenvalue weighted by molar-refractivity contribution is -0.132. The van der Waals surface area contributed by atoms with Gasteiger partial charge >= 0.3 is 0 Å². The van der Waals surface area contributed by atoms with Gasteiger partial charge in [-0.2, -0.15) is 0 Å². The second-order valence-electron chi connectivity index (χ2n) is 15.1. The van der Waals surface area contributed by atoms with Crippen molar-refractivity contribution in [2.45, 2.75) is 52.3 Å². The van der Waals surface area contributed by atoms with Crippen LogP contribution in [0.3, 0.4) is 0 Å². The Labute approximate surface area is 316 Å². The summed E-state index contributed by atoms with van der Waals surface area (Å²) in [6, 6.07) is 19.1. The van der Waals surface area contributed by atoms with Crippen molar-refractivity contribution in [3.8, 4) is 11.1 Å². The third-order valence-corrected chi connectivity index (χ3v) is 11.1. The molecule has 2 aliphatic rings. The first-order valence-corrected chi connectivity index (χ1v) is 18.8. The van der Waals surface area contributed by atoms with Gasteiger partial charge in [-0.15, -0.1) is 0 Å². The number of aliphatic hydroxyl groups is 1. The zero-order valence-electron chi connectivity index (χ0n) is 31.5. The van der Waals surface area contributed by atoms with Crippen LogP contribution in [0.5, 0.6) is 0 Å². The molecule has 276 valence electrons.